The fraction of sp³-hybridized carbons (Fsp3) is 0.833. The predicted octanol–water partition coefficient (Wildman–Crippen LogP) is 1.01. The van der Waals surface area contributed by atoms with E-state index in [4.69, 9.17) is 9.84 Å². The number of nitrogens with zero attached hydrogens (tertiary/aromatic N) is 2. The highest BCUT2D eigenvalue weighted by Gasteiger charge is 2.30. The van der Waals surface area contributed by atoms with Crippen molar-refractivity contribution in [1.82, 2.24) is 9.80 Å². The minimum atomic E-state index is -0.958. The molecule has 1 N–H and O–H groups in total. The monoisotopic (exact) mass is 258 g/mol. The molecule has 6 heteroatoms. The number of hydrogen-bond donors (Lipinski definition) is 1. The predicted molar refractivity (Wildman–Crippen MR) is 66.5 cm³/mol. The average molecular weight is 258 g/mol. The minimum Gasteiger partial charge on any atom is -0.480 e. The van der Waals surface area contributed by atoms with Crippen LogP contribution in [0.2, 0.25) is 0 Å². The van der Waals surface area contributed by atoms with Crippen molar-refractivity contribution < 1.29 is 19.4 Å². The number of carboxylic acids is 1. The van der Waals surface area contributed by atoms with Crippen molar-refractivity contribution >= 4 is 12.0 Å². The zero-order valence-corrected chi connectivity index (χ0v) is 11.3. The van der Waals surface area contributed by atoms with Gasteiger partial charge in [0.25, 0.3) is 0 Å². The molecule has 18 heavy (non-hydrogen) atoms. The Morgan fingerprint density at radius 2 is 2.00 bits per heavy atom. The number of carboxylic acid groups (broad SMARTS) is 1. The molecule has 1 aliphatic rings. The third-order valence-electron chi connectivity index (χ3n) is 3.49. The summed E-state index contributed by atoms with van der Waals surface area (Å²) in [6.07, 6.45) is 2.23. The zero-order valence-electron chi connectivity index (χ0n) is 11.3. The van der Waals surface area contributed by atoms with E-state index in [1.165, 1.54) is 4.90 Å². The topological polar surface area (TPSA) is 70.1 Å². The molecule has 0 radical (unpaired) electrons. The summed E-state index contributed by atoms with van der Waals surface area (Å²) in [6, 6.07) is -0.962. The summed E-state index contributed by atoms with van der Waals surface area (Å²) in [5.74, 6) is -0.958. The van der Waals surface area contributed by atoms with Gasteiger partial charge in [0.1, 0.15) is 6.04 Å². The standard InChI is InChI=1S/C12H22N2O4/c1-4-10(11(15)16)13(2)12(17)14-7-5-9(18-3)6-8-14/h9-10H,4-8H2,1-3H3,(H,15,16). The number of urea groups is 1. The number of carbonyl (C=O) groups is 2. The summed E-state index contributed by atoms with van der Waals surface area (Å²) >= 11 is 0. The van der Waals surface area contributed by atoms with Crippen molar-refractivity contribution in [3.8, 4) is 0 Å². The normalized spacial score (nSPS) is 18.5. The van der Waals surface area contributed by atoms with E-state index in [1.54, 1.807) is 26.0 Å². The number of aliphatic carboxylic acids is 1. The van der Waals surface area contributed by atoms with Crippen LogP contribution in [0.15, 0.2) is 0 Å². The van der Waals surface area contributed by atoms with E-state index in [0.717, 1.165) is 12.8 Å². The van der Waals surface area contributed by atoms with Crippen molar-refractivity contribution in [1.29, 1.82) is 0 Å². The maximum Gasteiger partial charge on any atom is 0.326 e. The molecule has 2 amide bonds. The van der Waals surface area contributed by atoms with Gasteiger partial charge < -0.3 is 19.6 Å². The lowest BCUT2D eigenvalue weighted by Gasteiger charge is -2.35. The second-order valence-electron chi connectivity index (χ2n) is 4.58. The highest BCUT2D eigenvalue weighted by Crippen LogP contribution is 2.15. The Hall–Kier alpha value is -1.30. The number of piperidine rings is 1. The van der Waals surface area contributed by atoms with Gasteiger partial charge in [0, 0.05) is 27.2 Å². The number of likely N-dealkylation sites (N-methyl/N-ethyl adjacent to an activating group) is 1. The SMILES string of the molecule is CCC(C(=O)O)N(C)C(=O)N1CCC(OC)CC1. The number of ether oxygens (including phenoxy) is 1. The highest BCUT2D eigenvalue weighted by atomic mass is 16.5. The third-order valence-corrected chi connectivity index (χ3v) is 3.49. The molecule has 6 nitrogen and oxygen atoms in total. The molecule has 1 heterocycles. The first-order valence-corrected chi connectivity index (χ1v) is 6.28. The van der Waals surface area contributed by atoms with Gasteiger partial charge in [0.15, 0.2) is 0 Å². The molecule has 1 saturated heterocycles. The molecule has 0 aromatic carbocycles. The van der Waals surface area contributed by atoms with Crippen molar-refractivity contribution in [2.75, 3.05) is 27.2 Å². The summed E-state index contributed by atoms with van der Waals surface area (Å²) in [6.45, 7) is 3.01. The molecular formula is C12H22N2O4. The van der Waals surface area contributed by atoms with Crippen molar-refractivity contribution in [3.05, 3.63) is 0 Å². The third kappa shape index (κ3) is 3.35. The van der Waals surface area contributed by atoms with Crippen LogP contribution < -0.4 is 0 Å². The van der Waals surface area contributed by atoms with Crippen LogP contribution in [0.1, 0.15) is 26.2 Å². The van der Waals surface area contributed by atoms with E-state index in [-0.39, 0.29) is 12.1 Å². The second-order valence-corrected chi connectivity index (χ2v) is 4.58. The number of amides is 2. The van der Waals surface area contributed by atoms with Gasteiger partial charge in [-0.2, -0.15) is 0 Å². The van der Waals surface area contributed by atoms with Gasteiger partial charge in [-0.25, -0.2) is 9.59 Å². The highest BCUT2D eigenvalue weighted by molar-refractivity contribution is 5.82. The Kier molecular flexibility index (Phi) is 5.40. The van der Waals surface area contributed by atoms with Gasteiger partial charge in [-0.15, -0.1) is 0 Å². The molecule has 1 unspecified atom stereocenters. The summed E-state index contributed by atoms with van der Waals surface area (Å²) in [4.78, 5) is 26.2. The van der Waals surface area contributed by atoms with Crippen LogP contribution in [0.4, 0.5) is 4.79 Å². The first-order valence-electron chi connectivity index (χ1n) is 6.28. The van der Waals surface area contributed by atoms with Crippen molar-refractivity contribution in [3.63, 3.8) is 0 Å². The van der Waals surface area contributed by atoms with Crippen LogP contribution in [-0.2, 0) is 9.53 Å². The lowest BCUT2D eigenvalue weighted by Crippen LogP contribution is -2.51. The maximum absolute atomic E-state index is 12.1. The smallest absolute Gasteiger partial charge is 0.326 e. The Balaban J connectivity index is 2.56. The maximum atomic E-state index is 12.1. The molecule has 0 aliphatic carbocycles. The van der Waals surface area contributed by atoms with E-state index in [1.807, 2.05) is 0 Å². The van der Waals surface area contributed by atoms with E-state index in [2.05, 4.69) is 0 Å². The van der Waals surface area contributed by atoms with Gasteiger partial charge in [-0.1, -0.05) is 6.92 Å². The number of methoxy groups -OCH3 is 1. The molecule has 0 aromatic rings. The van der Waals surface area contributed by atoms with E-state index < -0.39 is 12.0 Å². The Bertz CT molecular complexity index is 300. The number of likely N-dealkylation sites (tertiary alicyclic amines) is 1. The number of hydrogen-bond acceptors (Lipinski definition) is 3. The van der Waals surface area contributed by atoms with Crippen LogP contribution in [0.3, 0.4) is 0 Å². The molecule has 0 bridgehead atoms. The lowest BCUT2D eigenvalue weighted by molar-refractivity contribution is -0.142. The van der Waals surface area contributed by atoms with Gasteiger partial charge in [0.2, 0.25) is 0 Å². The van der Waals surface area contributed by atoms with E-state index >= 15 is 0 Å². The van der Waals surface area contributed by atoms with Crippen LogP contribution in [-0.4, -0.2) is 66.3 Å². The average Bonchev–Trinajstić information content (AvgIpc) is 2.38. The fourth-order valence-corrected chi connectivity index (χ4v) is 2.25. The number of rotatable bonds is 4. The fourth-order valence-electron chi connectivity index (χ4n) is 2.25. The summed E-state index contributed by atoms with van der Waals surface area (Å²) < 4.78 is 5.24. The van der Waals surface area contributed by atoms with Crippen LogP contribution >= 0.6 is 0 Å². The zero-order chi connectivity index (χ0) is 13.7. The molecule has 1 aliphatic heterocycles. The molecule has 104 valence electrons. The first-order chi connectivity index (χ1) is 8.51. The van der Waals surface area contributed by atoms with Crippen molar-refractivity contribution in [2.45, 2.75) is 38.3 Å². The van der Waals surface area contributed by atoms with Gasteiger partial charge in [-0.05, 0) is 19.3 Å². The largest absolute Gasteiger partial charge is 0.480 e. The van der Waals surface area contributed by atoms with E-state index in [0.29, 0.717) is 19.5 Å². The molecular weight excluding hydrogens is 236 g/mol. The van der Waals surface area contributed by atoms with Crippen molar-refractivity contribution in [2.24, 2.45) is 0 Å². The molecule has 1 rings (SSSR count). The van der Waals surface area contributed by atoms with Gasteiger partial charge in [-0.3, -0.25) is 0 Å². The van der Waals surface area contributed by atoms with Crippen LogP contribution in [0.5, 0.6) is 0 Å². The van der Waals surface area contributed by atoms with Crippen LogP contribution in [0.25, 0.3) is 0 Å². The molecule has 0 saturated carbocycles. The van der Waals surface area contributed by atoms with Crippen LogP contribution in [0, 0.1) is 0 Å². The quantitative estimate of drug-likeness (QED) is 0.817. The van der Waals surface area contributed by atoms with Gasteiger partial charge in [0.05, 0.1) is 6.10 Å². The lowest BCUT2D eigenvalue weighted by atomic mass is 10.1. The molecule has 1 fully saturated rings. The Labute approximate surface area is 107 Å². The first kappa shape index (κ1) is 14.8. The second kappa shape index (κ2) is 6.58. The minimum absolute atomic E-state index is 0.209. The molecule has 0 aromatic heterocycles. The van der Waals surface area contributed by atoms with Gasteiger partial charge >= 0.3 is 12.0 Å². The Morgan fingerprint density at radius 3 is 2.39 bits per heavy atom. The summed E-state index contributed by atoms with van der Waals surface area (Å²) in [7, 11) is 3.22. The molecule has 0 spiro atoms. The summed E-state index contributed by atoms with van der Waals surface area (Å²) in [5, 5.41) is 9.04. The summed E-state index contributed by atoms with van der Waals surface area (Å²) in [5.41, 5.74) is 0. The Morgan fingerprint density at radius 1 is 1.44 bits per heavy atom. The number of carbonyl (C=O) groups excluding carboxylic acids is 1. The molecule has 1 atom stereocenters. The van der Waals surface area contributed by atoms with E-state index in [9.17, 15) is 9.59 Å².